The molecule has 0 aromatic heterocycles. The van der Waals surface area contributed by atoms with Gasteiger partial charge in [0.05, 0.1) is 10.6 Å². The molecule has 0 radical (unpaired) electrons. The molecule has 1 aliphatic rings. The maximum Gasteiger partial charge on any atom is 0.264 e. The second kappa shape index (κ2) is 7.61. The summed E-state index contributed by atoms with van der Waals surface area (Å²) in [5, 5.41) is 3.01. The van der Waals surface area contributed by atoms with Crippen molar-refractivity contribution in [1.82, 2.24) is 0 Å². The molecule has 0 aliphatic carbocycles. The Hall–Kier alpha value is -3.12. The van der Waals surface area contributed by atoms with Crippen molar-refractivity contribution < 1.29 is 13.2 Å². The number of sulfonamides is 1. The molecule has 1 heterocycles. The summed E-state index contributed by atoms with van der Waals surface area (Å²) in [4.78, 5) is 13.1. The molecule has 30 heavy (non-hydrogen) atoms. The Morgan fingerprint density at radius 1 is 0.933 bits per heavy atom. The van der Waals surface area contributed by atoms with Crippen LogP contribution in [0.2, 0.25) is 0 Å². The Morgan fingerprint density at radius 2 is 1.60 bits per heavy atom. The molecule has 0 atom stereocenters. The van der Waals surface area contributed by atoms with Gasteiger partial charge in [0, 0.05) is 17.8 Å². The molecule has 154 valence electrons. The van der Waals surface area contributed by atoms with E-state index in [-0.39, 0.29) is 10.8 Å². The first-order valence-electron chi connectivity index (χ1n) is 9.87. The summed E-state index contributed by atoms with van der Waals surface area (Å²) < 4.78 is 27.4. The Bertz CT molecular complexity index is 1210. The number of aryl methyl sites for hydroxylation is 3. The van der Waals surface area contributed by atoms with Gasteiger partial charge in [-0.1, -0.05) is 35.9 Å². The third-order valence-corrected chi connectivity index (χ3v) is 7.27. The van der Waals surface area contributed by atoms with E-state index in [4.69, 9.17) is 0 Å². The van der Waals surface area contributed by atoms with E-state index in [1.54, 1.807) is 48.5 Å². The topological polar surface area (TPSA) is 66.5 Å². The molecule has 0 bridgehead atoms. The van der Waals surface area contributed by atoms with Gasteiger partial charge in [-0.15, -0.1) is 0 Å². The number of nitrogens with zero attached hydrogens (tertiary/aromatic N) is 1. The average Bonchev–Trinajstić information content (AvgIpc) is 3.15. The van der Waals surface area contributed by atoms with E-state index in [1.165, 1.54) is 4.31 Å². The summed E-state index contributed by atoms with van der Waals surface area (Å²) in [6.45, 7) is 6.35. The molecule has 3 aromatic carbocycles. The van der Waals surface area contributed by atoms with E-state index in [9.17, 15) is 13.2 Å². The van der Waals surface area contributed by atoms with Crippen molar-refractivity contribution >= 4 is 27.3 Å². The number of fused-ring (bicyclic) bond motifs is 1. The molecule has 1 aliphatic heterocycles. The van der Waals surface area contributed by atoms with Crippen LogP contribution in [0.4, 0.5) is 11.4 Å². The highest BCUT2D eigenvalue weighted by atomic mass is 32.2. The van der Waals surface area contributed by atoms with Crippen LogP contribution in [0.1, 0.15) is 32.6 Å². The first-order valence-corrected chi connectivity index (χ1v) is 11.3. The number of carbonyl (C=O) groups excluding carboxylic acids is 1. The maximum absolute atomic E-state index is 13.0. The fraction of sp³-hybridized carbons (Fsp3) is 0.208. The first-order chi connectivity index (χ1) is 14.3. The van der Waals surface area contributed by atoms with Crippen molar-refractivity contribution in [3.05, 3.63) is 88.5 Å². The lowest BCUT2D eigenvalue weighted by atomic mass is 10.0. The average molecular weight is 421 g/mol. The normalized spacial score (nSPS) is 13.2. The Kier molecular flexibility index (Phi) is 5.12. The van der Waals surface area contributed by atoms with Gasteiger partial charge in [0.25, 0.3) is 15.9 Å². The van der Waals surface area contributed by atoms with Crippen LogP contribution in [-0.4, -0.2) is 20.9 Å². The summed E-state index contributed by atoms with van der Waals surface area (Å²) in [7, 11) is -3.62. The molecule has 0 saturated heterocycles. The van der Waals surface area contributed by atoms with Crippen LogP contribution in [-0.2, 0) is 16.4 Å². The number of anilines is 2. The molecular formula is C24H24N2O3S. The third kappa shape index (κ3) is 3.59. The van der Waals surface area contributed by atoms with Gasteiger partial charge < -0.3 is 5.32 Å². The Labute approximate surface area is 177 Å². The van der Waals surface area contributed by atoms with Crippen LogP contribution in [0, 0.1) is 20.8 Å². The van der Waals surface area contributed by atoms with Gasteiger partial charge >= 0.3 is 0 Å². The monoisotopic (exact) mass is 420 g/mol. The van der Waals surface area contributed by atoms with Gasteiger partial charge in [-0.2, -0.15) is 0 Å². The second-order valence-corrected chi connectivity index (χ2v) is 9.57. The van der Waals surface area contributed by atoms with Gasteiger partial charge in [0.15, 0.2) is 0 Å². The standard InChI is InChI=1S/C24H24N2O3S/c1-16-13-17(2)23(18(3)14-16)25-24(27)20-9-10-22-19(15-20)11-12-26(22)30(28,29)21-7-5-4-6-8-21/h4-10,13-15H,11-12H2,1-3H3,(H,25,27). The molecule has 0 unspecified atom stereocenters. The van der Waals surface area contributed by atoms with Crippen molar-refractivity contribution in [2.75, 3.05) is 16.2 Å². The molecule has 4 rings (SSSR count). The smallest absolute Gasteiger partial charge is 0.264 e. The predicted molar refractivity (Wildman–Crippen MR) is 120 cm³/mol. The van der Waals surface area contributed by atoms with Crippen LogP contribution in [0.5, 0.6) is 0 Å². The molecule has 1 N–H and O–H groups in total. The van der Waals surface area contributed by atoms with Crippen molar-refractivity contribution in [2.45, 2.75) is 32.1 Å². The summed E-state index contributed by atoms with van der Waals surface area (Å²) in [5.74, 6) is -0.197. The third-order valence-electron chi connectivity index (χ3n) is 5.44. The number of hydrogen-bond acceptors (Lipinski definition) is 3. The SMILES string of the molecule is Cc1cc(C)c(NC(=O)c2ccc3c(c2)CCN3S(=O)(=O)c2ccccc2)c(C)c1. The minimum Gasteiger partial charge on any atom is -0.322 e. The maximum atomic E-state index is 13.0. The lowest BCUT2D eigenvalue weighted by molar-refractivity contribution is 0.102. The predicted octanol–water partition coefficient (Wildman–Crippen LogP) is 4.62. The van der Waals surface area contributed by atoms with Crippen molar-refractivity contribution in [1.29, 1.82) is 0 Å². The summed E-state index contributed by atoms with van der Waals surface area (Å²) in [6.07, 6.45) is 0.575. The van der Waals surface area contributed by atoms with E-state index >= 15 is 0 Å². The quantitative estimate of drug-likeness (QED) is 0.670. The lowest BCUT2D eigenvalue weighted by Crippen LogP contribution is -2.29. The van der Waals surface area contributed by atoms with E-state index in [2.05, 4.69) is 5.32 Å². The van der Waals surface area contributed by atoms with Crippen molar-refractivity contribution in [3.8, 4) is 0 Å². The van der Waals surface area contributed by atoms with Crippen LogP contribution in [0.25, 0.3) is 0 Å². The number of benzene rings is 3. The van der Waals surface area contributed by atoms with Crippen LogP contribution >= 0.6 is 0 Å². The zero-order valence-corrected chi connectivity index (χ0v) is 18.1. The molecule has 0 spiro atoms. The molecule has 6 heteroatoms. The summed E-state index contributed by atoms with van der Waals surface area (Å²) in [5.41, 5.74) is 6.02. The molecule has 0 fully saturated rings. The Morgan fingerprint density at radius 3 is 2.27 bits per heavy atom. The van der Waals surface area contributed by atoms with Gasteiger partial charge in [-0.25, -0.2) is 8.42 Å². The molecule has 5 nitrogen and oxygen atoms in total. The zero-order chi connectivity index (χ0) is 21.5. The number of amides is 1. The van der Waals surface area contributed by atoms with E-state index in [0.29, 0.717) is 24.2 Å². The molecule has 3 aromatic rings. The van der Waals surface area contributed by atoms with Crippen LogP contribution in [0.15, 0.2) is 65.6 Å². The van der Waals surface area contributed by atoms with E-state index in [1.807, 2.05) is 32.9 Å². The minimum atomic E-state index is -3.62. The number of hydrogen-bond donors (Lipinski definition) is 1. The van der Waals surface area contributed by atoms with Crippen LogP contribution in [0.3, 0.4) is 0 Å². The van der Waals surface area contributed by atoms with Crippen LogP contribution < -0.4 is 9.62 Å². The van der Waals surface area contributed by atoms with E-state index < -0.39 is 10.0 Å². The van der Waals surface area contributed by atoms with Gasteiger partial charge in [-0.05, 0) is 74.2 Å². The molecule has 0 saturated carbocycles. The van der Waals surface area contributed by atoms with E-state index in [0.717, 1.165) is 27.9 Å². The largest absolute Gasteiger partial charge is 0.322 e. The lowest BCUT2D eigenvalue weighted by Gasteiger charge is -2.20. The summed E-state index contributed by atoms with van der Waals surface area (Å²) in [6, 6.07) is 17.7. The highest BCUT2D eigenvalue weighted by molar-refractivity contribution is 7.92. The number of rotatable bonds is 4. The highest BCUT2D eigenvalue weighted by Crippen LogP contribution is 2.34. The van der Waals surface area contributed by atoms with Crippen molar-refractivity contribution in [3.63, 3.8) is 0 Å². The Balaban J connectivity index is 1.61. The number of nitrogens with one attached hydrogen (secondary N) is 1. The molecule has 1 amide bonds. The van der Waals surface area contributed by atoms with Gasteiger partial charge in [-0.3, -0.25) is 9.10 Å². The summed E-state index contributed by atoms with van der Waals surface area (Å²) >= 11 is 0. The number of carbonyl (C=O) groups is 1. The molecular weight excluding hydrogens is 396 g/mol. The second-order valence-electron chi connectivity index (χ2n) is 7.71. The first kappa shape index (κ1) is 20.2. The fourth-order valence-corrected chi connectivity index (χ4v) is 5.57. The van der Waals surface area contributed by atoms with Crippen molar-refractivity contribution in [2.24, 2.45) is 0 Å². The zero-order valence-electron chi connectivity index (χ0n) is 17.3. The van der Waals surface area contributed by atoms with Gasteiger partial charge in [0.1, 0.15) is 0 Å². The fourth-order valence-electron chi connectivity index (χ4n) is 4.04. The highest BCUT2D eigenvalue weighted by Gasteiger charge is 2.31. The van der Waals surface area contributed by atoms with Gasteiger partial charge in [0.2, 0.25) is 0 Å². The minimum absolute atomic E-state index is 0.197.